The molecule has 0 aliphatic carbocycles. The van der Waals surface area contributed by atoms with E-state index in [0.29, 0.717) is 0 Å². The largest absolute Gasteiger partial charge is 0.421 e. The molecule has 0 amide bonds. The van der Waals surface area contributed by atoms with Crippen molar-refractivity contribution in [1.29, 1.82) is 0 Å². The van der Waals surface area contributed by atoms with Crippen molar-refractivity contribution in [1.82, 2.24) is 0 Å². The first kappa shape index (κ1) is 8.86. The van der Waals surface area contributed by atoms with Gasteiger partial charge in [0.05, 0.1) is 4.43 Å². The number of hydrogen-bond acceptors (Lipinski definition) is 2. The Morgan fingerprint density at radius 3 is 2.50 bits per heavy atom. The van der Waals surface area contributed by atoms with E-state index in [-0.39, 0.29) is 4.43 Å². The molecule has 0 aromatic carbocycles. The van der Waals surface area contributed by atoms with Gasteiger partial charge >= 0.3 is 5.97 Å². The number of halogens is 3. The molecule has 0 saturated carbocycles. The van der Waals surface area contributed by atoms with E-state index in [4.69, 9.17) is 0 Å². The maximum Gasteiger partial charge on any atom is 0.318 e. The highest BCUT2D eigenvalue weighted by molar-refractivity contribution is 14.1. The summed E-state index contributed by atoms with van der Waals surface area (Å²) >= 11 is 3.17. The molecule has 0 aromatic heterocycles. The second-order valence-electron chi connectivity index (χ2n) is 0.884. The summed E-state index contributed by atoms with van der Waals surface area (Å²) in [4.78, 5) is 10.1. The van der Waals surface area contributed by atoms with Crippen molar-refractivity contribution in [2.45, 2.75) is 4.36 Å². The summed E-state index contributed by atoms with van der Waals surface area (Å²) in [6.07, 6.45) is 0. The Hall–Kier alpha value is 0.860. The van der Waals surface area contributed by atoms with Gasteiger partial charge in [-0.3, -0.25) is 4.79 Å². The van der Waals surface area contributed by atoms with Crippen molar-refractivity contribution in [3.8, 4) is 0 Å². The third-order valence-electron chi connectivity index (χ3n) is 0.330. The van der Waals surface area contributed by atoms with Crippen molar-refractivity contribution in [2.75, 3.05) is 4.43 Å². The van der Waals surface area contributed by atoms with E-state index in [1.165, 1.54) is 22.6 Å². The first-order chi connectivity index (χ1) is 3.66. The molecule has 5 heteroatoms. The molecule has 2 nitrogen and oxygen atoms in total. The number of carbonyl (C=O) groups excluding carboxylic acids is 1. The number of ether oxygens (including phenoxy) is 1. The number of esters is 1. The Morgan fingerprint density at radius 2 is 2.38 bits per heavy atom. The molecule has 1 atom stereocenters. The zero-order chi connectivity index (χ0) is 6.57. The second kappa shape index (κ2) is 4.71. The molecule has 0 aliphatic heterocycles. The molecule has 0 aliphatic rings. The van der Waals surface area contributed by atoms with Crippen LogP contribution in [-0.4, -0.2) is 14.8 Å². The van der Waals surface area contributed by atoms with Gasteiger partial charge in [0.2, 0.25) is 0 Å². The Balaban J connectivity index is 3.25. The average molecular weight is 344 g/mol. The van der Waals surface area contributed by atoms with Crippen molar-refractivity contribution in [2.24, 2.45) is 0 Å². The van der Waals surface area contributed by atoms with E-state index in [0.717, 1.165) is 0 Å². The summed E-state index contributed by atoms with van der Waals surface area (Å²) < 4.78 is 14.4. The van der Waals surface area contributed by atoms with Gasteiger partial charge in [-0.15, -0.1) is 0 Å². The van der Waals surface area contributed by atoms with E-state index in [9.17, 15) is 9.18 Å². The lowest BCUT2D eigenvalue weighted by Crippen LogP contribution is -2.08. The van der Waals surface area contributed by atoms with Gasteiger partial charge in [-0.25, -0.2) is 0 Å². The highest BCUT2D eigenvalue weighted by Gasteiger charge is 2.04. The standard InChI is InChI=1S/C3H3FI2O2/c4-3(6)8-2(7)1-5/h3H,1H2. The predicted molar refractivity (Wildman–Crippen MR) is 43.9 cm³/mol. The molecular weight excluding hydrogens is 341 g/mol. The molecule has 8 heavy (non-hydrogen) atoms. The van der Waals surface area contributed by atoms with Crippen LogP contribution in [0.1, 0.15) is 0 Å². The zero-order valence-electron chi connectivity index (χ0n) is 3.73. The average Bonchev–Trinajstić information content (AvgIpc) is 1.65. The third kappa shape index (κ3) is 5.01. The summed E-state index contributed by atoms with van der Waals surface area (Å²) in [5.41, 5.74) is 0. The lowest BCUT2D eigenvalue weighted by Gasteiger charge is -1.98. The van der Waals surface area contributed by atoms with Gasteiger partial charge in [-0.1, -0.05) is 22.6 Å². The van der Waals surface area contributed by atoms with E-state index in [1.807, 2.05) is 0 Å². The van der Waals surface area contributed by atoms with Gasteiger partial charge in [0.15, 0.2) is 0 Å². The number of rotatable bonds is 2. The molecule has 0 bridgehead atoms. The number of hydrogen-bond donors (Lipinski definition) is 0. The van der Waals surface area contributed by atoms with Gasteiger partial charge in [-0.2, -0.15) is 4.39 Å². The van der Waals surface area contributed by atoms with E-state index < -0.39 is 10.3 Å². The normalized spacial score (nSPS) is 12.9. The molecule has 0 heterocycles. The maximum absolute atomic E-state index is 11.7. The van der Waals surface area contributed by atoms with E-state index in [2.05, 4.69) is 4.74 Å². The van der Waals surface area contributed by atoms with Crippen LogP contribution in [0.2, 0.25) is 0 Å². The molecule has 0 rings (SSSR count). The molecule has 1 unspecified atom stereocenters. The minimum atomic E-state index is -1.50. The maximum atomic E-state index is 11.7. The topological polar surface area (TPSA) is 26.3 Å². The molecule has 0 aromatic rings. The predicted octanol–water partition coefficient (Wildman–Crippen LogP) is 1.65. The quantitative estimate of drug-likeness (QED) is 0.433. The summed E-state index contributed by atoms with van der Waals surface area (Å²) in [6, 6.07) is 0. The lowest BCUT2D eigenvalue weighted by molar-refractivity contribution is -0.145. The summed E-state index contributed by atoms with van der Waals surface area (Å²) in [7, 11) is 0. The lowest BCUT2D eigenvalue weighted by atomic mass is 10.8. The van der Waals surface area contributed by atoms with Crippen LogP contribution in [-0.2, 0) is 9.53 Å². The third-order valence-corrected chi connectivity index (χ3v) is 1.21. The smallest absolute Gasteiger partial charge is 0.318 e. The Bertz CT molecular complexity index is 85.4. The fourth-order valence-corrected chi connectivity index (χ4v) is 0.594. The Kier molecular flexibility index (Phi) is 5.22. The van der Waals surface area contributed by atoms with Crippen molar-refractivity contribution in [3.63, 3.8) is 0 Å². The monoisotopic (exact) mass is 344 g/mol. The molecule has 0 spiro atoms. The van der Waals surface area contributed by atoms with Gasteiger partial charge < -0.3 is 4.74 Å². The first-order valence-electron chi connectivity index (χ1n) is 1.70. The van der Waals surface area contributed by atoms with Crippen LogP contribution in [0.3, 0.4) is 0 Å². The number of carbonyl (C=O) groups is 1. The molecule has 48 valence electrons. The van der Waals surface area contributed by atoms with E-state index >= 15 is 0 Å². The van der Waals surface area contributed by atoms with Gasteiger partial charge in [0.1, 0.15) is 0 Å². The van der Waals surface area contributed by atoms with Gasteiger partial charge in [0, 0.05) is 22.6 Å². The van der Waals surface area contributed by atoms with Crippen LogP contribution < -0.4 is 0 Å². The first-order valence-corrected chi connectivity index (χ1v) is 4.47. The summed E-state index contributed by atoms with van der Waals surface area (Å²) in [5, 5.41) is 0. The van der Waals surface area contributed by atoms with Crippen LogP contribution in [0.5, 0.6) is 0 Å². The van der Waals surface area contributed by atoms with Gasteiger partial charge in [-0.05, 0) is 0 Å². The second-order valence-corrected chi connectivity index (χ2v) is 2.63. The Labute approximate surface area is 73.4 Å². The molecule has 0 saturated heterocycles. The van der Waals surface area contributed by atoms with Crippen LogP contribution in [0.25, 0.3) is 0 Å². The summed E-state index contributed by atoms with van der Waals surface area (Å²) in [6.45, 7) is 0. The molecule has 0 radical (unpaired) electrons. The Morgan fingerprint density at radius 1 is 1.88 bits per heavy atom. The highest BCUT2D eigenvalue weighted by atomic mass is 127. The van der Waals surface area contributed by atoms with Crippen LogP contribution in [0.15, 0.2) is 0 Å². The van der Waals surface area contributed by atoms with Crippen LogP contribution in [0, 0.1) is 0 Å². The van der Waals surface area contributed by atoms with Crippen molar-refractivity contribution in [3.05, 3.63) is 0 Å². The fraction of sp³-hybridized carbons (Fsp3) is 0.667. The number of alkyl halides is 3. The van der Waals surface area contributed by atoms with Crippen molar-refractivity contribution < 1.29 is 13.9 Å². The summed E-state index contributed by atoms with van der Waals surface area (Å²) in [5.74, 6) is -0.521. The molecule has 0 fully saturated rings. The minimum Gasteiger partial charge on any atom is -0.421 e. The van der Waals surface area contributed by atoms with Gasteiger partial charge in [0.25, 0.3) is 4.36 Å². The van der Waals surface area contributed by atoms with E-state index in [1.54, 1.807) is 22.6 Å². The zero-order valence-corrected chi connectivity index (χ0v) is 8.05. The minimum absolute atomic E-state index is 0.196. The molecular formula is C3H3FI2O2. The van der Waals surface area contributed by atoms with Crippen molar-refractivity contribution >= 4 is 51.2 Å². The van der Waals surface area contributed by atoms with Crippen LogP contribution in [0.4, 0.5) is 4.39 Å². The fourth-order valence-electron chi connectivity index (χ4n) is 0.131. The SMILES string of the molecule is O=C(CI)OC(F)I. The highest BCUT2D eigenvalue weighted by Crippen LogP contribution is 2.03. The molecule has 0 N–H and O–H groups in total. The van der Waals surface area contributed by atoms with Crippen LogP contribution >= 0.6 is 45.2 Å².